The average molecular weight is 809 g/mol. The van der Waals surface area contributed by atoms with Crippen molar-refractivity contribution in [3.63, 3.8) is 0 Å². The minimum absolute atomic E-state index is 0.335. The lowest BCUT2D eigenvalue weighted by atomic mass is 9.93. The van der Waals surface area contributed by atoms with Crippen molar-refractivity contribution in [1.29, 1.82) is 0 Å². The summed E-state index contributed by atoms with van der Waals surface area (Å²) in [6.45, 7) is 0. The van der Waals surface area contributed by atoms with E-state index in [0.29, 0.717) is 5.84 Å². The molecule has 62 heavy (non-hydrogen) atoms. The Morgan fingerprint density at radius 2 is 0.935 bits per heavy atom. The molecule has 0 radical (unpaired) electrons. The first-order valence-electron chi connectivity index (χ1n) is 21.1. The van der Waals surface area contributed by atoms with E-state index in [9.17, 15) is 0 Å². The molecule has 1 aliphatic heterocycles. The van der Waals surface area contributed by atoms with Gasteiger partial charge in [-0.25, -0.2) is 9.98 Å². The predicted molar refractivity (Wildman–Crippen MR) is 263 cm³/mol. The fourth-order valence-electron chi connectivity index (χ4n) is 9.93. The lowest BCUT2D eigenvalue weighted by Gasteiger charge is -2.24. The molecule has 5 heteroatoms. The summed E-state index contributed by atoms with van der Waals surface area (Å²) < 4.78 is 4.89. The molecule has 0 saturated carbocycles. The maximum absolute atomic E-state index is 5.47. The Hall–Kier alpha value is -7.86. The molecule has 0 aliphatic carbocycles. The third kappa shape index (κ3) is 5.32. The number of fused-ring (bicyclic) bond motifs is 12. The van der Waals surface area contributed by atoms with Gasteiger partial charge in [0.2, 0.25) is 0 Å². The van der Waals surface area contributed by atoms with Crippen LogP contribution in [0.25, 0.3) is 91.1 Å². The van der Waals surface area contributed by atoms with Crippen molar-refractivity contribution in [2.24, 2.45) is 9.98 Å². The Morgan fingerprint density at radius 3 is 1.61 bits per heavy atom. The van der Waals surface area contributed by atoms with E-state index < -0.39 is 0 Å². The van der Waals surface area contributed by atoms with E-state index in [1.165, 1.54) is 85.4 Å². The van der Waals surface area contributed by atoms with Crippen molar-refractivity contribution < 1.29 is 0 Å². The second kappa shape index (κ2) is 13.8. The maximum atomic E-state index is 5.47. The van der Waals surface area contributed by atoms with Crippen LogP contribution in [0.4, 0.5) is 0 Å². The van der Waals surface area contributed by atoms with Crippen LogP contribution in [0.15, 0.2) is 216 Å². The molecule has 1 unspecified atom stereocenters. The first-order valence-corrected chi connectivity index (χ1v) is 21.9. The average Bonchev–Trinajstić information content (AvgIpc) is 3.90. The summed E-state index contributed by atoms with van der Waals surface area (Å²) in [5.74, 6) is 1.52. The highest BCUT2D eigenvalue weighted by Crippen LogP contribution is 2.45. The van der Waals surface area contributed by atoms with Crippen LogP contribution < -0.4 is 5.32 Å². The number of thiophene rings is 1. The standard InChI is InChI=1S/C57H36N4S/c1-2-16-35(17-3-1)55-58-56(36-32-33-41-39-20-5-4-18-37(39)38-19-6-7-21-40(38)47(41)34-36)60-57(59-55)46-26-15-31-52-54(46)53-45(25-14-30-51(53)62-52)44-24-10-13-29-50(44)61-48-27-11-8-22-42(48)43-23-9-12-28-49(43)61/h1-34,55H,(H,58,59,60). The normalized spacial score (nSPS) is 14.3. The quantitative estimate of drug-likeness (QED) is 0.173. The zero-order valence-corrected chi connectivity index (χ0v) is 34.3. The van der Waals surface area contributed by atoms with Crippen LogP contribution in [-0.2, 0) is 0 Å². The summed E-state index contributed by atoms with van der Waals surface area (Å²) in [6, 6.07) is 74.4. The number of nitrogens with zero attached hydrogens (tertiary/aromatic N) is 3. The number of aliphatic imine (C=N–C) groups is 2. The number of hydrogen-bond acceptors (Lipinski definition) is 4. The monoisotopic (exact) mass is 808 g/mol. The Bertz CT molecular complexity index is 3770. The van der Waals surface area contributed by atoms with Gasteiger partial charge in [-0.2, -0.15) is 0 Å². The van der Waals surface area contributed by atoms with Gasteiger partial charge in [0, 0.05) is 47.6 Å². The molecule has 290 valence electrons. The van der Waals surface area contributed by atoms with Crippen LogP contribution in [0, 0.1) is 0 Å². The number of nitrogens with one attached hydrogen (secondary N) is 1. The summed E-state index contributed by atoms with van der Waals surface area (Å²) >= 11 is 1.84. The minimum Gasteiger partial charge on any atom is -0.344 e. The zero-order chi connectivity index (χ0) is 40.7. The molecule has 1 aliphatic rings. The molecule has 0 saturated heterocycles. The van der Waals surface area contributed by atoms with Crippen LogP contribution in [0.3, 0.4) is 0 Å². The molecule has 0 fully saturated rings. The largest absolute Gasteiger partial charge is 0.344 e. The fraction of sp³-hybridized carbons (Fsp3) is 0.0175. The molecular formula is C57H36N4S. The molecule has 1 N–H and O–H groups in total. The van der Waals surface area contributed by atoms with Gasteiger partial charge < -0.3 is 9.88 Å². The number of rotatable bonds is 5. The van der Waals surface area contributed by atoms with Crippen LogP contribution in [-0.4, -0.2) is 16.2 Å². The SMILES string of the molecule is c1ccc(C2N=C(c3ccc4c5ccccc5c5ccccc5c4c3)N=C(c3cccc4sc5cccc(-c6ccccc6-n6c7ccccc7c7ccccc76)c5c34)N2)cc1. The first-order chi connectivity index (χ1) is 30.8. The van der Waals surface area contributed by atoms with Crippen molar-refractivity contribution >= 4 is 97.3 Å². The molecule has 0 bridgehead atoms. The lowest BCUT2D eigenvalue weighted by Crippen LogP contribution is -2.33. The highest BCUT2D eigenvalue weighted by Gasteiger charge is 2.25. The van der Waals surface area contributed by atoms with E-state index in [1.54, 1.807) is 0 Å². The van der Waals surface area contributed by atoms with Gasteiger partial charge in [0.25, 0.3) is 0 Å². The van der Waals surface area contributed by atoms with Gasteiger partial charge >= 0.3 is 0 Å². The molecule has 12 aromatic rings. The molecular weight excluding hydrogens is 773 g/mol. The van der Waals surface area contributed by atoms with Gasteiger partial charge in [-0.1, -0.05) is 170 Å². The van der Waals surface area contributed by atoms with Crippen molar-refractivity contribution in [2.75, 3.05) is 0 Å². The van der Waals surface area contributed by atoms with Crippen molar-refractivity contribution in [1.82, 2.24) is 9.88 Å². The smallest absolute Gasteiger partial charge is 0.159 e. The van der Waals surface area contributed by atoms with Gasteiger partial charge in [-0.3, -0.25) is 0 Å². The van der Waals surface area contributed by atoms with E-state index >= 15 is 0 Å². The van der Waals surface area contributed by atoms with Gasteiger partial charge in [0.15, 0.2) is 5.84 Å². The first kappa shape index (κ1) is 34.9. The molecule has 0 amide bonds. The topological polar surface area (TPSA) is 41.7 Å². The predicted octanol–water partition coefficient (Wildman–Crippen LogP) is 14.8. The molecule has 1 atom stereocenters. The van der Waals surface area contributed by atoms with E-state index in [2.05, 4.69) is 216 Å². The van der Waals surface area contributed by atoms with E-state index in [1.807, 2.05) is 11.3 Å². The van der Waals surface area contributed by atoms with Gasteiger partial charge in [0.05, 0.1) is 16.7 Å². The fourth-order valence-corrected chi connectivity index (χ4v) is 11.1. The van der Waals surface area contributed by atoms with Crippen molar-refractivity contribution in [3.8, 4) is 16.8 Å². The Kier molecular flexibility index (Phi) is 7.81. The summed E-state index contributed by atoms with van der Waals surface area (Å²) in [5, 5.41) is 16.1. The van der Waals surface area contributed by atoms with Gasteiger partial charge in [0.1, 0.15) is 12.0 Å². The molecule has 13 rings (SSSR count). The third-order valence-corrected chi connectivity index (χ3v) is 13.8. The van der Waals surface area contributed by atoms with Crippen LogP contribution in [0.5, 0.6) is 0 Å². The van der Waals surface area contributed by atoms with Gasteiger partial charge in [-0.15, -0.1) is 11.3 Å². The summed E-state index contributed by atoms with van der Waals surface area (Å²) in [5.41, 5.74) is 9.03. The number of amidine groups is 2. The third-order valence-electron chi connectivity index (χ3n) is 12.7. The summed E-state index contributed by atoms with van der Waals surface area (Å²) in [6.07, 6.45) is -0.335. The van der Waals surface area contributed by atoms with Gasteiger partial charge in [-0.05, 0) is 79.8 Å². The summed E-state index contributed by atoms with van der Waals surface area (Å²) in [7, 11) is 0. The Morgan fingerprint density at radius 1 is 0.419 bits per heavy atom. The van der Waals surface area contributed by atoms with E-state index in [4.69, 9.17) is 9.98 Å². The number of para-hydroxylation sites is 3. The van der Waals surface area contributed by atoms with Crippen LogP contribution >= 0.6 is 11.3 Å². The number of benzene rings is 10. The molecule has 10 aromatic carbocycles. The summed E-state index contributed by atoms with van der Waals surface area (Å²) in [4.78, 5) is 10.8. The zero-order valence-electron chi connectivity index (χ0n) is 33.5. The minimum atomic E-state index is -0.335. The van der Waals surface area contributed by atoms with E-state index in [-0.39, 0.29) is 6.17 Å². The van der Waals surface area contributed by atoms with Crippen molar-refractivity contribution in [2.45, 2.75) is 6.17 Å². The number of aromatic nitrogens is 1. The highest BCUT2D eigenvalue weighted by molar-refractivity contribution is 7.26. The molecule has 4 nitrogen and oxygen atoms in total. The Balaban J connectivity index is 1.03. The maximum Gasteiger partial charge on any atom is 0.159 e. The number of hydrogen-bond donors (Lipinski definition) is 1. The van der Waals surface area contributed by atoms with Crippen molar-refractivity contribution in [3.05, 3.63) is 223 Å². The lowest BCUT2D eigenvalue weighted by molar-refractivity contribution is 0.674. The second-order valence-corrected chi connectivity index (χ2v) is 17.2. The highest BCUT2D eigenvalue weighted by atomic mass is 32.1. The van der Waals surface area contributed by atoms with E-state index in [0.717, 1.165) is 28.2 Å². The molecule has 0 spiro atoms. The van der Waals surface area contributed by atoms with Crippen LogP contribution in [0.1, 0.15) is 22.9 Å². The van der Waals surface area contributed by atoms with Crippen LogP contribution in [0.2, 0.25) is 0 Å². The Labute approximate surface area is 361 Å². The second-order valence-electron chi connectivity index (χ2n) is 16.1. The molecule has 2 aromatic heterocycles. The molecule has 3 heterocycles.